The van der Waals surface area contributed by atoms with Gasteiger partial charge in [-0.15, -0.1) is 0 Å². The first-order valence-electron chi connectivity index (χ1n) is 10.4. The summed E-state index contributed by atoms with van der Waals surface area (Å²) in [6, 6.07) is 18.8. The number of hydrogen-bond acceptors (Lipinski definition) is 5. The number of aromatic nitrogens is 2. The molecule has 0 bridgehead atoms. The third-order valence-corrected chi connectivity index (χ3v) is 5.65. The maximum atomic E-state index is 4.59. The monoisotopic (exact) mass is 387 g/mol. The maximum absolute atomic E-state index is 4.59. The molecule has 1 fully saturated rings. The van der Waals surface area contributed by atoms with Crippen LogP contribution in [0.3, 0.4) is 0 Å². The molecule has 1 saturated heterocycles. The van der Waals surface area contributed by atoms with Gasteiger partial charge in [-0.2, -0.15) is 4.98 Å². The van der Waals surface area contributed by atoms with Gasteiger partial charge in [0.25, 0.3) is 0 Å². The van der Waals surface area contributed by atoms with Gasteiger partial charge in [0.05, 0.1) is 0 Å². The van der Waals surface area contributed by atoms with Crippen LogP contribution in [0, 0.1) is 12.8 Å². The van der Waals surface area contributed by atoms with Crippen LogP contribution >= 0.6 is 0 Å². The number of aryl methyl sites for hydroxylation is 1. The zero-order valence-electron chi connectivity index (χ0n) is 17.2. The number of hydrogen-bond donors (Lipinski definition) is 2. The molecule has 29 heavy (non-hydrogen) atoms. The van der Waals surface area contributed by atoms with Crippen LogP contribution in [0.2, 0.25) is 0 Å². The maximum Gasteiger partial charge on any atom is 0.229 e. The van der Waals surface area contributed by atoms with Gasteiger partial charge in [0.15, 0.2) is 0 Å². The van der Waals surface area contributed by atoms with E-state index in [1.807, 2.05) is 6.07 Å². The van der Waals surface area contributed by atoms with Crippen LogP contribution in [-0.2, 0) is 6.54 Å². The van der Waals surface area contributed by atoms with E-state index in [0.717, 1.165) is 37.1 Å². The Bertz CT molecular complexity index is 930. The molecule has 1 aromatic heterocycles. The second-order valence-corrected chi connectivity index (χ2v) is 7.89. The van der Waals surface area contributed by atoms with Crippen molar-refractivity contribution in [2.45, 2.75) is 33.2 Å². The minimum atomic E-state index is 0.597. The summed E-state index contributed by atoms with van der Waals surface area (Å²) in [5, 5.41) is 6.70. The van der Waals surface area contributed by atoms with E-state index in [2.05, 4.69) is 87.9 Å². The predicted octanol–water partition coefficient (Wildman–Crippen LogP) is 5.38. The molecule has 5 heteroatoms. The van der Waals surface area contributed by atoms with Crippen molar-refractivity contribution < 1.29 is 0 Å². The van der Waals surface area contributed by atoms with Crippen molar-refractivity contribution in [1.82, 2.24) is 9.97 Å². The minimum absolute atomic E-state index is 0.597. The van der Waals surface area contributed by atoms with Crippen LogP contribution in [0.25, 0.3) is 0 Å². The van der Waals surface area contributed by atoms with Gasteiger partial charge in [-0.05, 0) is 67.1 Å². The van der Waals surface area contributed by atoms with E-state index in [1.165, 1.54) is 29.7 Å². The van der Waals surface area contributed by atoms with Crippen LogP contribution < -0.4 is 15.5 Å². The third-order valence-electron chi connectivity index (χ3n) is 5.65. The fraction of sp³-hybridized carbons (Fsp3) is 0.333. The van der Waals surface area contributed by atoms with Gasteiger partial charge >= 0.3 is 0 Å². The summed E-state index contributed by atoms with van der Waals surface area (Å²) in [5.74, 6) is 2.25. The Balaban J connectivity index is 1.37. The van der Waals surface area contributed by atoms with E-state index < -0.39 is 0 Å². The van der Waals surface area contributed by atoms with Crippen molar-refractivity contribution in [2.24, 2.45) is 5.92 Å². The zero-order chi connectivity index (χ0) is 20.1. The number of piperidine rings is 1. The Labute approximate surface area is 173 Å². The fourth-order valence-electron chi connectivity index (χ4n) is 3.66. The van der Waals surface area contributed by atoms with Crippen molar-refractivity contribution >= 4 is 23.1 Å². The van der Waals surface area contributed by atoms with Crippen LogP contribution in [0.1, 0.15) is 30.9 Å². The largest absolute Gasteiger partial charge is 0.372 e. The lowest BCUT2D eigenvalue weighted by Gasteiger charge is -2.32. The van der Waals surface area contributed by atoms with Crippen molar-refractivity contribution in [2.75, 3.05) is 28.6 Å². The van der Waals surface area contributed by atoms with E-state index in [0.29, 0.717) is 5.95 Å². The molecular weight excluding hydrogens is 358 g/mol. The average Bonchev–Trinajstić information content (AvgIpc) is 2.75. The third kappa shape index (κ3) is 5.05. The van der Waals surface area contributed by atoms with Crippen LogP contribution in [-0.4, -0.2) is 23.1 Å². The average molecular weight is 388 g/mol. The first-order valence-corrected chi connectivity index (χ1v) is 10.4. The lowest BCUT2D eigenvalue weighted by atomic mass is 9.99. The second kappa shape index (κ2) is 8.95. The van der Waals surface area contributed by atoms with E-state index in [1.54, 1.807) is 6.20 Å². The van der Waals surface area contributed by atoms with Gasteiger partial charge in [-0.3, -0.25) is 0 Å². The Kier molecular flexibility index (Phi) is 5.94. The molecule has 2 aromatic carbocycles. The van der Waals surface area contributed by atoms with Gasteiger partial charge in [0.1, 0.15) is 5.82 Å². The van der Waals surface area contributed by atoms with E-state index >= 15 is 0 Å². The highest BCUT2D eigenvalue weighted by Gasteiger charge is 2.15. The molecule has 0 spiro atoms. The van der Waals surface area contributed by atoms with Crippen LogP contribution in [0.4, 0.5) is 23.1 Å². The summed E-state index contributed by atoms with van der Waals surface area (Å²) < 4.78 is 0. The molecular formula is C24H29N5. The first kappa shape index (κ1) is 19.2. The molecule has 0 aliphatic carbocycles. The Morgan fingerprint density at radius 3 is 2.52 bits per heavy atom. The molecule has 1 aliphatic rings. The molecule has 150 valence electrons. The summed E-state index contributed by atoms with van der Waals surface area (Å²) in [7, 11) is 0. The number of nitrogens with zero attached hydrogens (tertiary/aromatic N) is 3. The molecule has 2 heterocycles. The lowest BCUT2D eigenvalue weighted by Crippen LogP contribution is -2.32. The lowest BCUT2D eigenvalue weighted by molar-refractivity contribution is 0.438. The summed E-state index contributed by atoms with van der Waals surface area (Å²) in [5.41, 5.74) is 4.83. The fourth-order valence-corrected chi connectivity index (χ4v) is 3.66. The molecule has 4 rings (SSSR count). The first-order chi connectivity index (χ1) is 14.2. The molecule has 3 aromatic rings. The molecule has 0 atom stereocenters. The molecule has 0 amide bonds. The number of nitrogens with one attached hydrogen (secondary N) is 2. The van der Waals surface area contributed by atoms with E-state index in [-0.39, 0.29) is 0 Å². The topological polar surface area (TPSA) is 53.1 Å². The van der Waals surface area contributed by atoms with E-state index in [9.17, 15) is 0 Å². The smallest absolute Gasteiger partial charge is 0.229 e. The Hall–Kier alpha value is -3.08. The predicted molar refractivity (Wildman–Crippen MR) is 121 cm³/mol. The summed E-state index contributed by atoms with van der Waals surface area (Å²) in [4.78, 5) is 11.4. The van der Waals surface area contributed by atoms with Crippen LogP contribution in [0.15, 0.2) is 60.8 Å². The molecule has 5 nitrogen and oxygen atoms in total. The number of benzene rings is 2. The molecule has 0 radical (unpaired) electrons. The van der Waals surface area contributed by atoms with Gasteiger partial charge in [0, 0.05) is 37.2 Å². The highest BCUT2D eigenvalue weighted by Crippen LogP contribution is 2.25. The summed E-state index contributed by atoms with van der Waals surface area (Å²) >= 11 is 0. The standard InChI is InChI=1S/C24H29N5/c1-18-12-15-29(16-13-18)22-9-7-21(8-10-22)27-24-25-14-11-23(28-24)26-17-20-6-4-3-5-19(20)2/h3-11,14,18H,12-13,15-17H2,1-2H3,(H2,25,26,27,28). The highest BCUT2D eigenvalue weighted by molar-refractivity contribution is 5.60. The number of rotatable bonds is 6. The normalized spacial score (nSPS) is 14.6. The Morgan fingerprint density at radius 2 is 1.76 bits per heavy atom. The second-order valence-electron chi connectivity index (χ2n) is 7.89. The quantitative estimate of drug-likeness (QED) is 0.595. The Morgan fingerprint density at radius 1 is 1.00 bits per heavy atom. The van der Waals surface area contributed by atoms with Crippen molar-refractivity contribution in [3.05, 3.63) is 71.9 Å². The summed E-state index contributed by atoms with van der Waals surface area (Å²) in [6.45, 7) is 7.50. The molecule has 0 saturated carbocycles. The summed E-state index contributed by atoms with van der Waals surface area (Å²) in [6.07, 6.45) is 4.32. The minimum Gasteiger partial charge on any atom is -0.372 e. The van der Waals surface area contributed by atoms with Crippen molar-refractivity contribution in [3.8, 4) is 0 Å². The molecule has 1 aliphatic heterocycles. The zero-order valence-corrected chi connectivity index (χ0v) is 17.2. The van der Waals surface area contributed by atoms with Crippen molar-refractivity contribution in [3.63, 3.8) is 0 Å². The number of anilines is 4. The highest BCUT2D eigenvalue weighted by atomic mass is 15.1. The van der Waals surface area contributed by atoms with Gasteiger partial charge in [-0.1, -0.05) is 31.2 Å². The SMILES string of the molecule is Cc1ccccc1CNc1ccnc(Nc2ccc(N3CCC(C)CC3)cc2)n1. The molecule has 2 N–H and O–H groups in total. The van der Waals surface area contributed by atoms with Crippen molar-refractivity contribution in [1.29, 1.82) is 0 Å². The van der Waals surface area contributed by atoms with Gasteiger partial charge in [0.2, 0.25) is 5.95 Å². The van der Waals surface area contributed by atoms with Gasteiger partial charge < -0.3 is 15.5 Å². The van der Waals surface area contributed by atoms with Gasteiger partial charge in [-0.25, -0.2) is 4.98 Å². The van der Waals surface area contributed by atoms with Crippen LogP contribution in [0.5, 0.6) is 0 Å². The van der Waals surface area contributed by atoms with E-state index in [4.69, 9.17) is 0 Å². The molecule has 0 unspecified atom stereocenters.